The van der Waals surface area contributed by atoms with Crippen molar-refractivity contribution in [1.29, 1.82) is 0 Å². The number of likely N-dealkylation sites (N-methyl/N-ethyl adjacent to an activating group) is 1. The molecule has 0 amide bonds. The van der Waals surface area contributed by atoms with Gasteiger partial charge >= 0.3 is 0 Å². The Kier molecular flexibility index (Phi) is 33.5. The Morgan fingerprint density at radius 2 is 1.11 bits per heavy atom. The zero-order chi connectivity index (χ0) is 32.9. The van der Waals surface area contributed by atoms with E-state index < -0.39 is 0 Å². The lowest BCUT2D eigenvalue weighted by molar-refractivity contribution is -0.0453. The van der Waals surface area contributed by atoms with Gasteiger partial charge in [-0.3, -0.25) is 4.90 Å². The normalized spacial score (nSPS) is 13.7. The molecular formula is C42H73NO2. The third-order valence-electron chi connectivity index (χ3n) is 8.32. The lowest BCUT2D eigenvalue weighted by Crippen LogP contribution is -2.51. The quantitative estimate of drug-likeness (QED) is 0.0322. The summed E-state index contributed by atoms with van der Waals surface area (Å²) in [5.41, 5.74) is 3.18. The van der Waals surface area contributed by atoms with E-state index in [1.807, 2.05) is 6.08 Å². The first-order chi connectivity index (χ1) is 22.1. The summed E-state index contributed by atoms with van der Waals surface area (Å²) in [6, 6.07) is 0. The maximum Gasteiger partial charge on any atom is 0.0672 e. The van der Waals surface area contributed by atoms with Gasteiger partial charge in [0.05, 0.1) is 18.8 Å². The molecular weight excluding hydrogens is 550 g/mol. The van der Waals surface area contributed by atoms with E-state index in [4.69, 9.17) is 9.47 Å². The van der Waals surface area contributed by atoms with Crippen molar-refractivity contribution >= 4 is 0 Å². The zero-order valence-corrected chi connectivity index (χ0v) is 30.5. The maximum atomic E-state index is 6.19. The van der Waals surface area contributed by atoms with Gasteiger partial charge in [0, 0.05) is 13.2 Å². The van der Waals surface area contributed by atoms with Crippen molar-refractivity contribution in [2.24, 2.45) is 0 Å². The van der Waals surface area contributed by atoms with E-state index in [1.165, 1.54) is 77.0 Å². The van der Waals surface area contributed by atoms with E-state index in [-0.39, 0.29) is 5.54 Å². The molecule has 0 radical (unpaired) electrons. The first kappa shape index (κ1) is 43.1. The predicted molar refractivity (Wildman–Crippen MR) is 201 cm³/mol. The van der Waals surface area contributed by atoms with E-state index in [9.17, 15) is 0 Å². The van der Waals surface area contributed by atoms with E-state index in [1.54, 1.807) is 0 Å². The minimum atomic E-state index is -0.0387. The van der Waals surface area contributed by atoms with Crippen molar-refractivity contribution in [3.05, 3.63) is 78.6 Å². The molecule has 3 heteroatoms. The smallest absolute Gasteiger partial charge is 0.0672 e. The van der Waals surface area contributed by atoms with Crippen LogP contribution in [0.15, 0.2) is 78.6 Å². The van der Waals surface area contributed by atoms with Gasteiger partial charge in [-0.25, -0.2) is 0 Å². The van der Waals surface area contributed by atoms with E-state index in [0.717, 1.165) is 71.4 Å². The number of hydrogen-bond donors (Lipinski definition) is 0. The molecule has 0 aromatic rings. The molecule has 0 aliphatic heterocycles. The summed E-state index contributed by atoms with van der Waals surface area (Å²) < 4.78 is 12.4. The van der Waals surface area contributed by atoms with Crippen molar-refractivity contribution in [3.63, 3.8) is 0 Å². The van der Waals surface area contributed by atoms with Crippen LogP contribution in [0.5, 0.6) is 0 Å². The third-order valence-corrected chi connectivity index (χ3v) is 8.32. The molecule has 0 aliphatic carbocycles. The van der Waals surface area contributed by atoms with E-state index >= 15 is 0 Å². The Balaban J connectivity index is 3.85. The SMILES string of the molecule is CC/C=C/C=C/CC=C=C/C=C/CCCCCOCC(CC)(COCCCCCCCC/C=C\C/C=C\CCCCC)N(C)C. The number of rotatable bonds is 32. The number of allylic oxidation sites excluding steroid dienone is 11. The highest BCUT2D eigenvalue weighted by molar-refractivity contribution is 5.07. The monoisotopic (exact) mass is 624 g/mol. The van der Waals surface area contributed by atoms with Gasteiger partial charge in [0.15, 0.2) is 0 Å². The minimum Gasteiger partial charge on any atom is -0.379 e. The second kappa shape index (κ2) is 35.0. The summed E-state index contributed by atoms with van der Waals surface area (Å²) >= 11 is 0. The van der Waals surface area contributed by atoms with E-state index in [0.29, 0.717) is 0 Å². The van der Waals surface area contributed by atoms with Crippen LogP contribution in [0, 0.1) is 0 Å². The fourth-order valence-corrected chi connectivity index (χ4v) is 4.98. The van der Waals surface area contributed by atoms with Crippen molar-refractivity contribution in [3.8, 4) is 0 Å². The molecule has 258 valence electrons. The molecule has 1 unspecified atom stereocenters. The van der Waals surface area contributed by atoms with Crippen LogP contribution < -0.4 is 0 Å². The van der Waals surface area contributed by atoms with Gasteiger partial charge in [0.25, 0.3) is 0 Å². The first-order valence-corrected chi connectivity index (χ1v) is 18.6. The Labute approximate surface area is 281 Å². The van der Waals surface area contributed by atoms with Gasteiger partial charge < -0.3 is 9.47 Å². The molecule has 0 aliphatic rings. The number of ether oxygens (including phenoxy) is 2. The zero-order valence-electron chi connectivity index (χ0n) is 30.5. The summed E-state index contributed by atoms with van der Waals surface area (Å²) in [6.45, 7) is 9.83. The summed E-state index contributed by atoms with van der Waals surface area (Å²) in [4.78, 5) is 2.30. The Morgan fingerprint density at radius 3 is 1.71 bits per heavy atom. The highest BCUT2D eigenvalue weighted by atomic mass is 16.5. The van der Waals surface area contributed by atoms with E-state index in [2.05, 4.69) is 112 Å². The maximum absolute atomic E-state index is 6.19. The minimum absolute atomic E-state index is 0.0387. The average molecular weight is 624 g/mol. The lowest BCUT2D eigenvalue weighted by Gasteiger charge is -2.38. The molecule has 0 aromatic carbocycles. The summed E-state index contributed by atoms with van der Waals surface area (Å²) in [6.07, 6.45) is 49.2. The van der Waals surface area contributed by atoms with Crippen molar-refractivity contribution < 1.29 is 9.47 Å². The highest BCUT2D eigenvalue weighted by Gasteiger charge is 2.31. The van der Waals surface area contributed by atoms with Gasteiger partial charge in [-0.1, -0.05) is 126 Å². The Morgan fingerprint density at radius 1 is 0.556 bits per heavy atom. The van der Waals surface area contributed by atoms with Gasteiger partial charge in [0.1, 0.15) is 0 Å². The molecule has 0 spiro atoms. The van der Waals surface area contributed by atoms with Gasteiger partial charge in [-0.2, -0.15) is 0 Å². The molecule has 0 bridgehead atoms. The molecule has 0 saturated carbocycles. The number of nitrogens with zero attached hydrogens (tertiary/aromatic N) is 1. The molecule has 0 N–H and O–H groups in total. The van der Waals surface area contributed by atoms with Crippen LogP contribution in [0.4, 0.5) is 0 Å². The molecule has 3 nitrogen and oxygen atoms in total. The van der Waals surface area contributed by atoms with Gasteiger partial charge in [-0.05, 0) is 103 Å². The average Bonchev–Trinajstić information content (AvgIpc) is 3.04. The molecule has 0 heterocycles. The third kappa shape index (κ3) is 29.3. The largest absolute Gasteiger partial charge is 0.379 e. The van der Waals surface area contributed by atoms with Crippen LogP contribution in [0.25, 0.3) is 0 Å². The number of unbranched alkanes of at least 4 members (excludes halogenated alkanes) is 12. The topological polar surface area (TPSA) is 21.7 Å². The molecule has 0 rings (SSSR count). The lowest BCUT2D eigenvalue weighted by atomic mass is 9.97. The highest BCUT2D eigenvalue weighted by Crippen LogP contribution is 2.19. The van der Waals surface area contributed by atoms with Crippen molar-refractivity contribution in [2.75, 3.05) is 40.5 Å². The number of hydrogen-bond acceptors (Lipinski definition) is 3. The van der Waals surface area contributed by atoms with Crippen LogP contribution in [0.2, 0.25) is 0 Å². The molecule has 45 heavy (non-hydrogen) atoms. The second-order valence-corrected chi connectivity index (χ2v) is 12.5. The Bertz CT molecular complexity index is 828. The van der Waals surface area contributed by atoms with Crippen molar-refractivity contribution in [1.82, 2.24) is 4.90 Å². The van der Waals surface area contributed by atoms with Crippen LogP contribution in [-0.4, -0.2) is 51.0 Å². The first-order valence-electron chi connectivity index (χ1n) is 18.6. The molecule has 0 aromatic heterocycles. The second-order valence-electron chi connectivity index (χ2n) is 12.5. The summed E-state index contributed by atoms with van der Waals surface area (Å²) in [5, 5.41) is 0. The summed E-state index contributed by atoms with van der Waals surface area (Å²) in [5.74, 6) is 0. The van der Waals surface area contributed by atoms with Gasteiger partial charge in [0.2, 0.25) is 0 Å². The standard InChI is InChI=1S/C42H73NO2/c1-6-9-11-13-15-17-19-21-23-25-27-29-31-33-35-37-39-45-41-42(8-3,43(4)5)40-44-38-36-34-32-30-28-26-24-22-20-18-16-14-12-10-7-2/h10,12,14-17,20-21,23-24,26,28H,6-9,11,13,18-19,25,27,29-41H2,1-5H3/b12-10+,16-14+,17-15-,23-21-,28-26+. The molecule has 0 saturated heterocycles. The Hall–Kier alpha value is -1.90. The van der Waals surface area contributed by atoms with Crippen molar-refractivity contribution in [2.45, 2.75) is 148 Å². The van der Waals surface area contributed by atoms with Crippen LogP contribution in [0.1, 0.15) is 143 Å². The van der Waals surface area contributed by atoms with Crippen LogP contribution in [-0.2, 0) is 9.47 Å². The fraction of sp³-hybridized carbons (Fsp3) is 0.690. The summed E-state index contributed by atoms with van der Waals surface area (Å²) in [7, 11) is 4.32. The molecule has 1 atom stereocenters. The van der Waals surface area contributed by atoms with Crippen LogP contribution >= 0.6 is 0 Å². The van der Waals surface area contributed by atoms with Gasteiger partial charge in [-0.15, -0.1) is 5.73 Å². The van der Waals surface area contributed by atoms with Crippen LogP contribution in [0.3, 0.4) is 0 Å². The predicted octanol–water partition coefficient (Wildman–Crippen LogP) is 12.3. The fourth-order valence-electron chi connectivity index (χ4n) is 4.98. The molecule has 0 fully saturated rings.